The number of rotatable bonds is 5. The molecule has 0 spiro atoms. The van der Waals surface area contributed by atoms with Crippen LogP contribution in [-0.2, 0) is 4.74 Å². The molecule has 2 aliphatic rings. The molecule has 0 saturated carbocycles. The summed E-state index contributed by atoms with van der Waals surface area (Å²) in [6.07, 6.45) is 3.66. The first kappa shape index (κ1) is 18.5. The van der Waals surface area contributed by atoms with Crippen LogP contribution in [0.15, 0.2) is 42.7 Å². The highest BCUT2D eigenvalue weighted by Gasteiger charge is 2.29. The molecule has 0 aliphatic carbocycles. The Kier molecular flexibility index (Phi) is 5.13. The third-order valence-electron chi connectivity index (χ3n) is 5.41. The van der Waals surface area contributed by atoms with Crippen molar-refractivity contribution in [3.8, 4) is 10.6 Å². The van der Waals surface area contributed by atoms with Crippen molar-refractivity contribution in [1.82, 2.24) is 19.9 Å². The van der Waals surface area contributed by atoms with Crippen molar-refractivity contribution < 1.29 is 4.74 Å². The van der Waals surface area contributed by atoms with Gasteiger partial charge >= 0.3 is 0 Å². The van der Waals surface area contributed by atoms with Gasteiger partial charge in [0.2, 0.25) is 0 Å². The van der Waals surface area contributed by atoms with Crippen molar-refractivity contribution >= 4 is 28.0 Å². The zero-order valence-electron chi connectivity index (χ0n) is 16.4. The second kappa shape index (κ2) is 8.06. The number of pyridine rings is 2. The van der Waals surface area contributed by atoms with Gasteiger partial charge in [0.05, 0.1) is 29.8 Å². The van der Waals surface area contributed by atoms with Crippen LogP contribution in [0.25, 0.3) is 10.6 Å². The number of nitrogens with zero attached hydrogens (tertiary/aromatic N) is 5. The van der Waals surface area contributed by atoms with E-state index in [9.17, 15) is 0 Å². The molecule has 0 atom stereocenters. The van der Waals surface area contributed by atoms with Crippen LogP contribution < -0.4 is 10.2 Å². The predicted octanol–water partition coefficient (Wildman–Crippen LogP) is 3.17. The normalized spacial score (nSPS) is 17.9. The van der Waals surface area contributed by atoms with E-state index in [-0.39, 0.29) is 0 Å². The van der Waals surface area contributed by atoms with Crippen molar-refractivity contribution in [2.75, 3.05) is 49.6 Å². The average molecular weight is 409 g/mol. The number of aryl methyl sites for hydroxylation is 1. The summed E-state index contributed by atoms with van der Waals surface area (Å²) >= 11 is 1.58. The number of aromatic nitrogens is 3. The molecule has 5 heterocycles. The predicted molar refractivity (Wildman–Crippen MR) is 116 cm³/mol. The molecule has 1 N–H and O–H groups in total. The fraction of sp³-hybridized carbons (Fsp3) is 0.381. The van der Waals surface area contributed by atoms with Crippen molar-refractivity contribution in [3.63, 3.8) is 0 Å². The summed E-state index contributed by atoms with van der Waals surface area (Å²) in [6, 6.07) is 10.8. The second-order valence-electron chi connectivity index (χ2n) is 7.44. The lowest BCUT2D eigenvalue weighted by atomic mass is 10.1. The lowest BCUT2D eigenvalue weighted by molar-refractivity contribution is -0.0660. The highest BCUT2D eigenvalue weighted by Crippen LogP contribution is 2.30. The Balaban J connectivity index is 1.28. The number of hydrogen-bond donors (Lipinski definition) is 1. The fourth-order valence-corrected chi connectivity index (χ4v) is 4.54. The maximum absolute atomic E-state index is 5.34. The van der Waals surface area contributed by atoms with E-state index in [1.807, 2.05) is 31.3 Å². The van der Waals surface area contributed by atoms with Gasteiger partial charge in [-0.2, -0.15) is 0 Å². The molecular formula is C21H24N6OS. The van der Waals surface area contributed by atoms with Crippen LogP contribution in [0, 0.1) is 6.92 Å². The highest BCUT2D eigenvalue weighted by molar-refractivity contribution is 7.18. The molecule has 150 valence electrons. The van der Waals surface area contributed by atoms with E-state index in [1.54, 1.807) is 17.5 Å². The maximum atomic E-state index is 5.34. The first-order valence-corrected chi connectivity index (χ1v) is 10.8. The molecular weight excluding hydrogens is 384 g/mol. The zero-order valence-corrected chi connectivity index (χ0v) is 17.2. The van der Waals surface area contributed by atoms with Gasteiger partial charge in [-0.1, -0.05) is 17.4 Å². The molecule has 2 saturated heterocycles. The summed E-state index contributed by atoms with van der Waals surface area (Å²) in [4.78, 5) is 19.6. The molecule has 8 heteroatoms. The minimum absolute atomic E-state index is 0.617. The molecule has 2 fully saturated rings. The molecule has 0 bridgehead atoms. The molecule has 0 amide bonds. The summed E-state index contributed by atoms with van der Waals surface area (Å²) in [5, 5.41) is 4.20. The van der Waals surface area contributed by atoms with Gasteiger partial charge in [0.15, 0.2) is 5.13 Å². The third-order valence-corrected chi connectivity index (χ3v) is 6.35. The van der Waals surface area contributed by atoms with Crippen LogP contribution >= 0.6 is 11.3 Å². The number of nitrogens with one attached hydrogen (secondary N) is 1. The molecule has 0 aromatic carbocycles. The Morgan fingerprint density at radius 2 is 1.97 bits per heavy atom. The molecule has 3 aromatic rings. The van der Waals surface area contributed by atoms with Gasteiger partial charge in [0.25, 0.3) is 0 Å². The van der Waals surface area contributed by atoms with Crippen molar-refractivity contribution in [3.05, 3.63) is 48.4 Å². The molecule has 5 rings (SSSR count). The van der Waals surface area contributed by atoms with Gasteiger partial charge in [-0.3, -0.25) is 9.88 Å². The topological polar surface area (TPSA) is 66.4 Å². The van der Waals surface area contributed by atoms with Crippen LogP contribution in [0.2, 0.25) is 0 Å². The smallest absolute Gasteiger partial charge is 0.188 e. The minimum Gasteiger partial charge on any atom is -0.378 e. The Bertz CT molecular complexity index is 966. The average Bonchev–Trinajstić information content (AvgIpc) is 3.16. The summed E-state index contributed by atoms with van der Waals surface area (Å²) in [5.41, 5.74) is 3.15. The van der Waals surface area contributed by atoms with Gasteiger partial charge < -0.3 is 15.0 Å². The SMILES string of the molecule is Cc1cc(N2CCN(C3COC3)CC2)cc(Nc2ncc(-c3ccccn3)s2)n1. The Labute approximate surface area is 174 Å². The molecule has 0 radical (unpaired) electrons. The van der Waals surface area contributed by atoms with Gasteiger partial charge in [-0.15, -0.1) is 0 Å². The quantitative estimate of drug-likeness (QED) is 0.695. The number of anilines is 3. The largest absolute Gasteiger partial charge is 0.378 e. The lowest BCUT2D eigenvalue weighted by Crippen LogP contribution is -2.56. The molecule has 0 unspecified atom stereocenters. The number of piperazine rings is 1. The molecule has 7 nitrogen and oxygen atoms in total. The van der Waals surface area contributed by atoms with E-state index >= 15 is 0 Å². The van der Waals surface area contributed by atoms with Crippen LogP contribution in [-0.4, -0.2) is 65.3 Å². The van der Waals surface area contributed by atoms with Gasteiger partial charge in [-0.05, 0) is 25.1 Å². The van der Waals surface area contributed by atoms with Crippen LogP contribution in [0.3, 0.4) is 0 Å². The minimum atomic E-state index is 0.617. The fourth-order valence-electron chi connectivity index (χ4n) is 3.74. The van der Waals surface area contributed by atoms with Crippen LogP contribution in [0.4, 0.5) is 16.6 Å². The summed E-state index contributed by atoms with van der Waals surface area (Å²) in [5.74, 6) is 0.830. The number of ether oxygens (including phenoxy) is 1. The summed E-state index contributed by atoms with van der Waals surface area (Å²) < 4.78 is 5.34. The Morgan fingerprint density at radius 1 is 1.10 bits per heavy atom. The van der Waals surface area contributed by atoms with Crippen molar-refractivity contribution in [2.45, 2.75) is 13.0 Å². The van der Waals surface area contributed by atoms with E-state index in [4.69, 9.17) is 4.74 Å². The van der Waals surface area contributed by atoms with Gasteiger partial charge in [-0.25, -0.2) is 9.97 Å². The second-order valence-corrected chi connectivity index (χ2v) is 8.47. The Morgan fingerprint density at radius 3 is 2.69 bits per heavy atom. The summed E-state index contributed by atoms with van der Waals surface area (Å²) in [6.45, 7) is 8.03. The van der Waals surface area contributed by atoms with E-state index in [0.717, 1.165) is 66.6 Å². The zero-order chi connectivity index (χ0) is 19.6. The number of thiazole rings is 1. The molecule has 29 heavy (non-hydrogen) atoms. The lowest BCUT2D eigenvalue weighted by Gasteiger charge is -2.43. The van der Waals surface area contributed by atoms with Gasteiger partial charge in [0, 0.05) is 56.0 Å². The number of hydrogen-bond acceptors (Lipinski definition) is 8. The van der Waals surface area contributed by atoms with E-state index in [2.05, 4.69) is 42.2 Å². The monoisotopic (exact) mass is 408 g/mol. The van der Waals surface area contributed by atoms with Crippen molar-refractivity contribution in [1.29, 1.82) is 0 Å². The van der Waals surface area contributed by atoms with Crippen LogP contribution in [0.5, 0.6) is 0 Å². The highest BCUT2D eigenvalue weighted by atomic mass is 32.1. The first-order chi connectivity index (χ1) is 14.2. The first-order valence-electron chi connectivity index (χ1n) is 9.94. The Hall–Kier alpha value is -2.55. The van der Waals surface area contributed by atoms with E-state index < -0.39 is 0 Å². The maximum Gasteiger partial charge on any atom is 0.188 e. The van der Waals surface area contributed by atoms with Crippen LogP contribution in [0.1, 0.15) is 5.69 Å². The van der Waals surface area contributed by atoms with Gasteiger partial charge in [0.1, 0.15) is 5.82 Å². The molecule has 3 aromatic heterocycles. The van der Waals surface area contributed by atoms with E-state index in [0.29, 0.717) is 6.04 Å². The van der Waals surface area contributed by atoms with E-state index in [1.165, 1.54) is 5.69 Å². The molecule has 2 aliphatic heterocycles. The standard InChI is InChI=1S/C21H24N6OS/c1-15-10-16(26-6-8-27(9-7-26)17-13-28-14-17)11-20(24-15)25-21-23-12-19(29-21)18-4-2-3-5-22-18/h2-5,10-12,17H,6-9,13-14H2,1H3,(H,23,24,25). The summed E-state index contributed by atoms with van der Waals surface area (Å²) in [7, 11) is 0. The third kappa shape index (κ3) is 4.10. The van der Waals surface area contributed by atoms with Crippen molar-refractivity contribution in [2.24, 2.45) is 0 Å².